The number of hydrogen-bond donors (Lipinski definition) is 0. The van der Waals surface area contributed by atoms with Crippen LogP contribution in [0.2, 0.25) is 5.02 Å². The highest BCUT2D eigenvalue weighted by Gasteiger charge is 2.19. The van der Waals surface area contributed by atoms with E-state index in [9.17, 15) is 5.26 Å². The van der Waals surface area contributed by atoms with Crippen LogP contribution in [0.3, 0.4) is 0 Å². The number of unbranched alkanes of at least 4 members (excludes halogenated alkanes) is 1. The minimum Gasteiger partial charge on any atom is -0.298 e. The normalized spacial score (nSPS) is 11.1. The van der Waals surface area contributed by atoms with Crippen LogP contribution in [0.4, 0.5) is 0 Å². The van der Waals surface area contributed by atoms with E-state index in [4.69, 9.17) is 11.6 Å². The summed E-state index contributed by atoms with van der Waals surface area (Å²) in [4.78, 5) is 4.59. The second kappa shape index (κ2) is 5.38. The maximum atomic E-state index is 9.54. The van der Waals surface area contributed by atoms with Crippen LogP contribution < -0.4 is 0 Å². The van der Waals surface area contributed by atoms with Crippen LogP contribution in [-0.4, -0.2) is 9.38 Å². The molecular formula is C17H16ClN3. The van der Waals surface area contributed by atoms with Crippen LogP contribution in [0.5, 0.6) is 0 Å². The van der Waals surface area contributed by atoms with Gasteiger partial charge < -0.3 is 0 Å². The predicted octanol–water partition coefficient (Wildman–Crippen LogP) is 4.66. The predicted molar refractivity (Wildman–Crippen MR) is 85.8 cm³/mol. The van der Waals surface area contributed by atoms with Gasteiger partial charge in [0.1, 0.15) is 17.2 Å². The van der Waals surface area contributed by atoms with Gasteiger partial charge in [-0.1, -0.05) is 31.0 Å². The van der Waals surface area contributed by atoms with E-state index < -0.39 is 0 Å². The summed E-state index contributed by atoms with van der Waals surface area (Å²) in [5.41, 5.74) is 5.05. The summed E-state index contributed by atoms with van der Waals surface area (Å²) in [5.74, 6) is 0. The van der Waals surface area contributed by atoms with E-state index >= 15 is 0 Å². The molecule has 0 saturated heterocycles. The molecule has 3 nitrogen and oxygen atoms in total. The summed E-state index contributed by atoms with van der Waals surface area (Å²) < 4.78 is 1.97. The number of aromatic nitrogens is 2. The first kappa shape index (κ1) is 13.9. The molecule has 0 radical (unpaired) electrons. The van der Waals surface area contributed by atoms with Crippen molar-refractivity contribution >= 4 is 28.3 Å². The molecule has 0 spiro atoms. The highest BCUT2D eigenvalue weighted by Crippen LogP contribution is 2.34. The average Bonchev–Trinajstić information content (AvgIpc) is 2.87. The Labute approximate surface area is 128 Å². The lowest BCUT2D eigenvalue weighted by Crippen LogP contribution is -1.98. The molecule has 0 aliphatic heterocycles. The van der Waals surface area contributed by atoms with Gasteiger partial charge in [-0.2, -0.15) is 5.26 Å². The number of hydrogen-bond acceptors (Lipinski definition) is 2. The Bertz CT molecular complexity index is 871. The molecule has 3 rings (SSSR count). The van der Waals surface area contributed by atoms with E-state index in [1.54, 1.807) is 0 Å². The van der Waals surface area contributed by atoms with Crippen LogP contribution in [0.25, 0.3) is 16.7 Å². The maximum absolute atomic E-state index is 9.54. The summed E-state index contributed by atoms with van der Waals surface area (Å²) in [7, 11) is 0. The van der Waals surface area contributed by atoms with Crippen LogP contribution in [0.1, 0.15) is 36.5 Å². The minimum absolute atomic E-state index is 0.643. The summed E-state index contributed by atoms with van der Waals surface area (Å²) in [6.45, 7) is 4.13. The van der Waals surface area contributed by atoms with Crippen molar-refractivity contribution in [3.05, 3.63) is 46.1 Å². The van der Waals surface area contributed by atoms with Crippen LogP contribution in [-0.2, 0) is 6.42 Å². The fourth-order valence-corrected chi connectivity index (χ4v) is 3.22. The number of benzene rings is 1. The van der Waals surface area contributed by atoms with Gasteiger partial charge in [-0.3, -0.25) is 4.40 Å². The number of nitriles is 1. The molecular weight excluding hydrogens is 282 g/mol. The van der Waals surface area contributed by atoms with E-state index in [2.05, 4.69) is 18.0 Å². The monoisotopic (exact) mass is 297 g/mol. The number of imidazole rings is 1. The summed E-state index contributed by atoms with van der Waals surface area (Å²) >= 11 is 6.66. The molecule has 1 aromatic carbocycles. The molecule has 3 aromatic rings. The molecule has 0 aliphatic rings. The lowest BCUT2D eigenvalue weighted by molar-refractivity contribution is 0.791. The quantitative estimate of drug-likeness (QED) is 0.705. The van der Waals surface area contributed by atoms with E-state index in [0.717, 1.165) is 46.6 Å². The third kappa shape index (κ3) is 2.07. The van der Waals surface area contributed by atoms with Crippen molar-refractivity contribution in [3.63, 3.8) is 0 Å². The van der Waals surface area contributed by atoms with Crippen molar-refractivity contribution in [2.45, 2.75) is 33.1 Å². The fraction of sp³-hybridized carbons (Fsp3) is 0.294. The van der Waals surface area contributed by atoms with Gasteiger partial charge in [0.25, 0.3) is 0 Å². The highest BCUT2D eigenvalue weighted by atomic mass is 35.5. The number of fused-ring (bicyclic) bond motifs is 3. The second-order valence-electron chi connectivity index (χ2n) is 5.25. The molecule has 0 fully saturated rings. The van der Waals surface area contributed by atoms with Crippen molar-refractivity contribution < 1.29 is 0 Å². The van der Waals surface area contributed by atoms with E-state index in [1.165, 1.54) is 0 Å². The minimum atomic E-state index is 0.643. The van der Waals surface area contributed by atoms with Gasteiger partial charge in [0.15, 0.2) is 0 Å². The molecule has 0 bridgehead atoms. The third-order valence-corrected chi connectivity index (χ3v) is 4.37. The zero-order valence-corrected chi connectivity index (χ0v) is 12.9. The van der Waals surface area contributed by atoms with Crippen molar-refractivity contribution in [2.75, 3.05) is 0 Å². The van der Waals surface area contributed by atoms with Gasteiger partial charge in [0, 0.05) is 6.20 Å². The number of nitrogens with zero attached hydrogens (tertiary/aromatic N) is 3. The Kier molecular flexibility index (Phi) is 3.57. The molecule has 21 heavy (non-hydrogen) atoms. The third-order valence-electron chi connectivity index (χ3n) is 3.96. The molecule has 2 heterocycles. The second-order valence-corrected chi connectivity index (χ2v) is 5.62. The van der Waals surface area contributed by atoms with Gasteiger partial charge in [-0.05, 0) is 43.0 Å². The van der Waals surface area contributed by atoms with Crippen molar-refractivity contribution in [1.82, 2.24) is 9.38 Å². The number of pyridine rings is 1. The van der Waals surface area contributed by atoms with Gasteiger partial charge in [-0.25, -0.2) is 4.98 Å². The summed E-state index contributed by atoms with van der Waals surface area (Å²) in [5, 5.41) is 10.3. The Hall–Kier alpha value is -2.05. The van der Waals surface area contributed by atoms with Crippen LogP contribution in [0.15, 0.2) is 24.4 Å². The molecule has 0 saturated carbocycles. The highest BCUT2D eigenvalue weighted by molar-refractivity contribution is 6.36. The lowest BCUT2D eigenvalue weighted by Gasteiger charge is -2.11. The fourth-order valence-electron chi connectivity index (χ4n) is 2.80. The first-order chi connectivity index (χ1) is 10.2. The Balaban J connectivity index is 2.45. The smallest absolute Gasteiger partial charge is 0.138 e. The van der Waals surface area contributed by atoms with Gasteiger partial charge >= 0.3 is 0 Å². The van der Waals surface area contributed by atoms with E-state index in [0.29, 0.717) is 11.1 Å². The number of halogens is 1. The molecule has 106 valence electrons. The van der Waals surface area contributed by atoms with Gasteiger partial charge in [0.2, 0.25) is 0 Å². The Morgan fingerprint density at radius 2 is 2.19 bits per heavy atom. The van der Waals surface area contributed by atoms with Crippen LogP contribution in [0, 0.1) is 18.3 Å². The maximum Gasteiger partial charge on any atom is 0.138 e. The Morgan fingerprint density at radius 1 is 1.38 bits per heavy atom. The Morgan fingerprint density at radius 3 is 2.90 bits per heavy atom. The van der Waals surface area contributed by atoms with Crippen molar-refractivity contribution in [3.8, 4) is 6.07 Å². The molecule has 0 aliphatic carbocycles. The number of rotatable bonds is 3. The average molecular weight is 298 g/mol. The lowest BCUT2D eigenvalue weighted by atomic mass is 9.97. The van der Waals surface area contributed by atoms with Crippen molar-refractivity contribution in [2.24, 2.45) is 0 Å². The van der Waals surface area contributed by atoms with Gasteiger partial charge in [0.05, 0.1) is 16.1 Å². The first-order valence-corrected chi connectivity index (χ1v) is 7.54. The summed E-state index contributed by atoms with van der Waals surface area (Å²) in [6.07, 6.45) is 5.00. The first-order valence-electron chi connectivity index (χ1n) is 7.16. The molecule has 0 unspecified atom stereocenters. The largest absolute Gasteiger partial charge is 0.298 e. The van der Waals surface area contributed by atoms with E-state index in [1.807, 2.05) is 35.7 Å². The molecule has 2 aromatic heterocycles. The van der Waals surface area contributed by atoms with Crippen LogP contribution >= 0.6 is 11.6 Å². The zero-order chi connectivity index (χ0) is 15.0. The molecule has 4 heteroatoms. The van der Waals surface area contributed by atoms with E-state index in [-0.39, 0.29) is 0 Å². The zero-order valence-electron chi connectivity index (χ0n) is 12.2. The molecule has 0 amide bonds. The standard InChI is InChI=1S/C17H16ClN3/c1-3-4-7-12-11(2)13(10-19)16-17(15(12)18)21-9-6-5-8-14(21)20-16/h5-6,8-9H,3-4,7H2,1-2H3. The summed E-state index contributed by atoms with van der Waals surface area (Å²) in [6, 6.07) is 8.12. The SMILES string of the molecule is CCCCc1c(C)c(C#N)c2nc3ccccn3c2c1Cl. The van der Waals surface area contributed by atoms with Gasteiger partial charge in [-0.15, -0.1) is 0 Å². The molecule has 0 atom stereocenters. The van der Waals surface area contributed by atoms with Crippen molar-refractivity contribution in [1.29, 1.82) is 5.26 Å². The molecule has 0 N–H and O–H groups in total. The topological polar surface area (TPSA) is 41.1 Å².